The van der Waals surface area contributed by atoms with Crippen LogP contribution in [0.5, 0.6) is 0 Å². The van der Waals surface area contributed by atoms with Gasteiger partial charge in [-0.2, -0.15) is 0 Å². The summed E-state index contributed by atoms with van der Waals surface area (Å²) < 4.78 is 1.75. The monoisotopic (exact) mass is 407 g/mol. The van der Waals surface area contributed by atoms with Gasteiger partial charge in [0.15, 0.2) is 5.16 Å². The van der Waals surface area contributed by atoms with E-state index in [0.717, 1.165) is 46.6 Å². The lowest BCUT2D eigenvalue weighted by Gasteiger charge is -2.24. The summed E-state index contributed by atoms with van der Waals surface area (Å²) in [7, 11) is 0. The maximum Gasteiger partial charge on any atom is 0.263 e. The Bertz CT molecular complexity index is 893. The van der Waals surface area contributed by atoms with Crippen molar-refractivity contribution >= 4 is 39.2 Å². The normalized spacial score (nSPS) is 16.7. The van der Waals surface area contributed by atoms with E-state index in [1.54, 1.807) is 15.9 Å². The molecule has 148 valence electrons. The SMILES string of the molecule is Cc1sc2nc(SC(C)C(=O)N3CCCCCC3)n(C(C)C)c(=O)c2c1C. The molecule has 1 saturated heterocycles. The maximum atomic E-state index is 13.1. The van der Waals surface area contributed by atoms with Crippen LogP contribution >= 0.6 is 23.1 Å². The van der Waals surface area contributed by atoms with Crippen LogP contribution < -0.4 is 5.56 Å². The van der Waals surface area contributed by atoms with Crippen molar-refractivity contribution in [3.63, 3.8) is 0 Å². The third-order valence-corrected chi connectivity index (χ3v) is 7.42. The highest BCUT2D eigenvalue weighted by Crippen LogP contribution is 2.31. The number of hydrogen-bond donors (Lipinski definition) is 0. The first kappa shape index (κ1) is 20.4. The van der Waals surface area contributed by atoms with Crippen molar-refractivity contribution in [2.45, 2.75) is 76.8 Å². The van der Waals surface area contributed by atoms with Gasteiger partial charge in [-0.25, -0.2) is 4.98 Å². The summed E-state index contributed by atoms with van der Waals surface area (Å²) in [6.07, 6.45) is 4.57. The highest BCUT2D eigenvalue weighted by Gasteiger charge is 2.26. The zero-order valence-corrected chi connectivity index (χ0v) is 18.5. The number of likely N-dealkylation sites (tertiary alicyclic amines) is 1. The summed E-state index contributed by atoms with van der Waals surface area (Å²) in [6, 6.07) is -0.00278. The lowest BCUT2D eigenvalue weighted by molar-refractivity contribution is -0.130. The van der Waals surface area contributed by atoms with Gasteiger partial charge in [0, 0.05) is 24.0 Å². The number of aryl methyl sites for hydroxylation is 2. The third kappa shape index (κ3) is 4.09. The Morgan fingerprint density at radius 2 is 1.74 bits per heavy atom. The highest BCUT2D eigenvalue weighted by molar-refractivity contribution is 8.00. The molecular formula is C20H29N3O2S2. The molecule has 1 atom stereocenters. The first-order valence-electron chi connectivity index (χ1n) is 9.79. The van der Waals surface area contributed by atoms with Gasteiger partial charge in [0.1, 0.15) is 4.83 Å². The number of carbonyl (C=O) groups excluding carboxylic acids is 1. The summed E-state index contributed by atoms with van der Waals surface area (Å²) in [4.78, 5) is 34.8. The van der Waals surface area contributed by atoms with Crippen LogP contribution in [0.3, 0.4) is 0 Å². The molecule has 1 aliphatic heterocycles. The fourth-order valence-electron chi connectivity index (χ4n) is 3.58. The van der Waals surface area contributed by atoms with E-state index in [9.17, 15) is 9.59 Å². The van der Waals surface area contributed by atoms with Gasteiger partial charge >= 0.3 is 0 Å². The van der Waals surface area contributed by atoms with Gasteiger partial charge in [-0.05, 0) is 53.0 Å². The van der Waals surface area contributed by atoms with E-state index in [4.69, 9.17) is 4.98 Å². The summed E-state index contributed by atoms with van der Waals surface area (Å²) in [5, 5.41) is 1.13. The number of thiophene rings is 1. The molecule has 2 aromatic heterocycles. The molecule has 0 spiro atoms. The molecule has 5 nitrogen and oxygen atoms in total. The molecule has 0 saturated carbocycles. The van der Waals surface area contributed by atoms with Crippen molar-refractivity contribution in [3.8, 4) is 0 Å². The minimum absolute atomic E-state index is 0.00278. The Hall–Kier alpha value is -1.34. The van der Waals surface area contributed by atoms with Crippen LogP contribution in [0, 0.1) is 13.8 Å². The van der Waals surface area contributed by atoms with Crippen LogP contribution in [-0.4, -0.2) is 38.7 Å². The van der Waals surface area contributed by atoms with Gasteiger partial charge in [0.2, 0.25) is 5.91 Å². The molecular weight excluding hydrogens is 378 g/mol. The van der Waals surface area contributed by atoms with Crippen LogP contribution in [0.25, 0.3) is 10.2 Å². The van der Waals surface area contributed by atoms with E-state index in [0.29, 0.717) is 5.16 Å². The smallest absolute Gasteiger partial charge is 0.263 e. The number of aromatic nitrogens is 2. The van der Waals surface area contributed by atoms with Gasteiger partial charge in [-0.15, -0.1) is 11.3 Å². The lowest BCUT2D eigenvalue weighted by Crippen LogP contribution is -2.37. The van der Waals surface area contributed by atoms with Crippen LogP contribution in [0.1, 0.15) is 62.9 Å². The van der Waals surface area contributed by atoms with E-state index < -0.39 is 0 Å². The van der Waals surface area contributed by atoms with Crippen molar-refractivity contribution in [3.05, 3.63) is 20.8 Å². The Morgan fingerprint density at radius 1 is 1.11 bits per heavy atom. The average Bonchev–Trinajstić information content (AvgIpc) is 2.80. The first-order chi connectivity index (χ1) is 12.8. The van der Waals surface area contributed by atoms with Crippen LogP contribution in [0.2, 0.25) is 0 Å². The van der Waals surface area contributed by atoms with E-state index in [1.807, 2.05) is 39.5 Å². The van der Waals surface area contributed by atoms with Crippen LogP contribution in [0.4, 0.5) is 0 Å². The van der Waals surface area contributed by atoms with E-state index >= 15 is 0 Å². The number of fused-ring (bicyclic) bond motifs is 1. The molecule has 0 radical (unpaired) electrons. The molecule has 1 amide bonds. The van der Waals surface area contributed by atoms with Crippen LogP contribution in [-0.2, 0) is 4.79 Å². The second-order valence-electron chi connectivity index (χ2n) is 7.63. The number of carbonyl (C=O) groups is 1. The van der Waals surface area contributed by atoms with Gasteiger partial charge in [-0.1, -0.05) is 24.6 Å². The molecule has 3 heterocycles. The topological polar surface area (TPSA) is 55.2 Å². The molecule has 0 aromatic carbocycles. The summed E-state index contributed by atoms with van der Waals surface area (Å²) in [5.41, 5.74) is 1.03. The third-order valence-electron chi connectivity index (χ3n) is 5.27. The van der Waals surface area contributed by atoms with Crippen LogP contribution in [0.15, 0.2) is 9.95 Å². The molecule has 3 rings (SSSR count). The van der Waals surface area contributed by atoms with E-state index in [2.05, 4.69) is 0 Å². The predicted octanol–water partition coefficient (Wildman–Crippen LogP) is 4.54. The van der Waals surface area contributed by atoms with Gasteiger partial charge in [0.05, 0.1) is 10.6 Å². The second kappa shape index (κ2) is 8.35. The molecule has 0 N–H and O–H groups in total. The number of amides is 1. The molecule has 1 unspecified atom stereocenters. The number of thioether (sulfide) groups is 1. The van der Waals surface area contributed by atoms with Crippen molar-refractivity contribution < 1.29 is 4.79 Å². The Labute approximate surface area is 169 Å². The summed E-state index contributed by atoms with van der Waals surface area (Å²) >= 11 is 2.98. The fourth-order valence-corrected chi connectivity index (χ4v) is 5.78. The summed E-state index contributed by atoms with van der Waals surface area (Å²) in [6.45, 7) is 11.6. The minimum atomic E-state index is -0.250. The Balaban J connectivity index is 1.94. The van der Waals surface area contributed by atoms with E-state index in [1.165, 1.54) is 24.6 Å². The molecule has 7 heteroatoms. The summed E-state index contributed by atoms with van der Waals surface area (Å²) in [5.74, 6) is 0.157. The quantitative estimate of drug-likeness (QED) is 0.551. The zero-order chi connectivity index (χ0) is 19.7. The van der Waals surface area contributed by atoms with Gasteiger partial charge in [0.25, 0.3) is 5.56 Å². The van der Waals surface area contributed by atoms with Gasteiger partial charge in [-0.3, -0.25) is 14.2 Å². The zero-order valence-electron chi connectivity index (χ0n) is 16.9. The predicted molar refractivity (Wildman–Crippen MR) is 114 cm³/mol. The average molecular weight is 408 g/mol. The molecule has 1 fully saturated rings. The fraction of sp³-hybridized carbons (Fsp3) is 0.650. The molecule has 27 heavy (non-hydrogen) atoms. The highest BCUT2D eigenvalue weighted by atomic mass is 32.2. The van der Waals surface area contributed by atoms with Crippen molar-refractivity contribution in [1.82, 2.24) is 14.5 Å². The van der Waals surface area contributed by atoms with Crippen molar-refractivity contribution in [1.29, 1.82) is 0 Å². The maximum absolute atomic E-state index is 13.1. The molecule has 2 aromatic rings. The lowest BCUT2D eigenvalue weighted by atomic mass is 10.2. The Kier molecular flexibility index (Phi) is 6.31. The first-order valence-corrected chi connectivity index (χ1v) is 11.5. The standard InChI is InChI=1S/C20H29N3O2S2/c1-12(2)23-19(25)16-13(3)14(4)26-17(16)21-20(23)27-15(5)18(24)22-10-8-6-7-9-11-22/h12,15H,6-11H2,1-5H3. The minimum Gasteiger partial charge on any atom is -0.342 e. The number of rotatable bonds is 4. The molecule has 0 bridgehead atoms. The van der Waals surface area contributed by atoms with Gasteiger partial charge < -0.3 is 4.90 Å². The van der Waals surface area contributed by atoms with E-state index in [-0.39, 0.29) is 22.8 Å². The molecule has 0 aliphatic carbocycles. The number of hydrogen-bond acceptors (Lipinski definition) is 5. The number of nitrogens with zero attached hydrogens (tertiary/aromatic N) is 3. The molecule has 1 aliphatic rings. The van der Waals surface area contributed by atoms with Crippen molar-refractivity contribution in [2.24, 2.45) is 0 Å². The largest absolute Gasteiger partial charge is 0.342 e. The van der Waals surface area contributed by atoms with Crippen molar-refractivity contribution in [2.75, 3.05) is 13.1 Å². The second-order valence-corrected chi connectivity index (χ2v) is 10.1. The Morgan fingerprint density at radius 3 is 2.33 bits per heavy atom.